The van der Waals surface area contributed by atoms with Crippen molar-refractivity contribution in [1.82, 2.24) is 9.71 Å². The third kappa shape index (κ3) is 2.66. The minimum atomic E-state index is -3.45. The number of nitrogens with one attached hydrogen (secondary N) is 1. The average molecular weight is 255 g/mol. The number of hydrogen-bond donors (Lipinski definition) is 1. The molecule has 0 atom stereocenters. The van der Waals surface area contributed by atoms with E-state index < -0.39 is 10.0 Å². The molecule has 4 nitrogen and oxygen atoms in total. The van der Waals surface area contributed by atoms with Crippen LogP contribution in [0.2, 0.25) is 4.47 Å². The van der Waals surface area contributed by atoms with E-state index >= 15 is 0 Å². The lowest BCUT2D eigenvalue weighted by Gasteiger charge is -2.07. The molecule has 0 aliphatic carbocycles. The second-order valence-electron chi connectivity index (χ2n) is 3.12. The van der Waals surface area contributed by atoms with E-state index in [0.29, 0.717) is 5.69 Å². The van der Waals surface area contributed by atoms with Gasteiger partial charge in [0.2, 0.25) is 0 Å². The Hall–Kier alpha value is -0.170. The SMILES string of the molecule is Cc1nc(Cl)sc1S(=O)(=O)NC(C)C. The number of thiazole rings is 1. The zero-order valence-corrected chi connectivity index (χ0v) is 10.4. The van der Waals surface area contributed by atoms with E-state index in [2.05, 4.69) is 9.71 Å². The van der Waals surface area contributed by atoms with E-state index in [9.17, 15) is 8.42 Å². The first-order valence-corrected chi connectivity index (χ1v) is 6.66. The maximum Gasteiger partial charge on any atom is 0.252 e. The summed E-state index contributed by atoms with van der Waals surface area (Å²) in [4.78, 5) is 3.85. The lowest BCUT2D eigenvalue weighted by molar-refractivity contribution is 0.571. The van der Waals surface area contributed by atoms with Crippen LogP contribution in [0.25, 0.3) is 0 Å². The molecule has 1 heterocycles. The first kappa shape index (κ1) is 11.9. The van der Waals surface area contributed by atoms with E-state index in [1.165, 1.54) is 0 Å². The number of rotatable bonds is 3. The van der Waals surface area contributed by atoms with Gasteiger partial charge >= 0.3 is 0 Å². The highest BCUT2D eigenvalue weighted by Gasteiger charge is 2.21. The molecule has 14 heavy (non-hydrogen) atoms. The maximum atomic E-state index is 11.7. The fourth-order valence-corrected chi connectivity index (χ4v) is 3.97. The highest BCUT2D eigenvalue weighted by molar-refractivity contribution is 7.91. The summed E-state index contributed by atoms with van der Waals surface area (Å²) in [6.45, 7) is 5.14. The number of nitrogens with zero attached hydrogens (tertiary/aromatic N) is 1. The third-order valence-electron chi connectivity index (χ3n) is 1.36. The van der Waals surface area contributed by atoms with Gasteiger partial charge in [-0.15, -0.1) is 0 Å². The number of aryl methyl sites for hydroxylation is 1. The van der Waals surface area contributed by atoms with Crippen molar-refractivity contribution in [3.05, 3.63) is 10.2 Å². The van der Waals surface area contributed by atoms with Crippen molar-refractivity contribution in [1.29, 1.82) is 0 Å². The molecule has 0 unspecified atom stereocenters. The first-order chi connectivity index (χ1) is 6.33. The van der Waals surface area contributed by atoms with Crippen LogP contribution in [0.1, 0.15) is 19.5 Å². The van der Waals surface area contributed by atoms with Gasteiger partial charge in [0.25, 0.3) is 10.0 Å². The summed E-state index contributed by atoms with van der Waals surface area (Å²) in [5.74, 6) is 0. The summed E-state index contributed by atoms with van der Waals surface area (Å²) in [6, 6.07) is -0.139. The molecule has 7 heteroatoms. The minimum absolute atomic E-state index is 0.139. The molecule has 0 fully saturated rings. The molecule has 0 saturated carbocycles. The Morgan fingerprint density at radius 1 is 1.50 bits per heavy atom. The second-order valence-corrected chi connectivity index (χ2v) is 6.61. The molecule has 0 amide bonds. The summed E-state index contributed by atoms with van der Waals surface area (Å²) >= 11 is 6.59. The molecule has 0 aliphatic rings. The predicted octanol–water partition coefficient (Wildman–Crippen LogP) is 1.79. The van der Waals surface area contributed by atoms with Crippen molar-refractivity contribution in [2.24, 2.45) is 0 Å². The third-order valence-corrected chi connectivity index (χ3v) is 4.89. The van der Waals surface area contributed by atoms with Crippen LogP contribution in [-0.2, 0) is 10.0 Å². The van der Waals surface area contributed by atoms with Crippen LogP contribution in [0.3, 0.4) is 0 Å². The maximum absolute atomic E-state index is 11.7. The largest absolute Gasteiger partial charge is 0.252 e. The fraction of sp³-hybridized carbons (Fsp3) is 0.571. The van der Waals surface area contributed by atoms with Crippen LogP contribution in [0.15, 0.2) is 4.21 Å². The predicted molar refractivity (Wildman–Crippen MR) is 57.3 cm³/mol. The van der Waals surface area contributed by atoms with E-state index in [1.54, 1.807) is 20.8 Å². The van der Waals surface area contributed by atoms with Crippen molar-refractivity contribution in [2.75, 3.05) is 0 Å². The molecule has 80 valence electrons. The van der Waals surface area contributed by atoms with Gasteiger partial charge in [0.15, 0.2) is 8.68 Å². The number of halogens is 1. The summed E-state index contributed by atoms with van der Waals surface area (Å²) in [7, 11) is -3.45. The normalized spacial score (nSPS) is 12.4. The highest BCUT2D eigenvalue weighted by atomic mass is 35.5. The Morgan fingerprint density at radius 2 is 2.07 bits per heavy atom. The molecule has 0 saturated heterocycles. The zero-order valence-electron chi connectivity index (χ0n) is 8.04. The quantitative estimate of drug-likeness (QED) is 0.895. The van der Waals surface area contributed by atoms with Gasteiger partial charge in [-0.1, -0.05) is 22.9 Å². The van der Waals surface area contributed by atoms with Crippen LogP contribution in [0, 0.1) is 6.92 Å². The van der Waals surface area contributed by atoms with E-state index in [1.807, 2.05) is 0 Å². The Morgan fingerprint density at radius 3 is 2.43 bits per heavy atom. The van der Waals surface area contributed by atoms with Gasteiger partial charge in [0.1, 0.15) is 0 Å². The number of aromatic nitrogens is 1. The van der Waals surface area contributed by atoms with E-state index in [4.69, 9.17) is 11.6 Å². The van der Waals surface area contributed by atoms with Gasteiger partial charge in [-0.25, -0.2) is 18.1 Å². The zero-order chi connectivity index (χ0) is 10.9. The van der Waals surface area contributed by atoms with Crippen LogP contribution in [0.5, 0.6) is 0 Å². The summed E-state index contributed by atoms with van der Waals surface area (Å²) in [6.07, 6.45) is 0. The molecule has 0 bridgehead atoms. The summed E-state index contributed by atoms with van der Waals surface area (Å²) in [5, 5.41) is 0. The van der Waals surface area contributed by atoms with E-state index in [0.717, 1.165) is 11.3 Å². The van der Waals surface area contributed by atoms with Crippen molar-refractivity contribution >= 4 is 33.0 Å². The molecule has 1 aromatic rings. The molecule has 0 radical (unpaired) electrons. The molecule has 0 aromatic carbocycles. The molecule has 0 aliphatic heterocycles. The lowest BCUT2D eigenvalue weighted by Crippen LogP contribution is -2.30. The van der Waals surface area contributed by atoms with Gasteiger partial charge in [-0.3, -0.25) is 0 Å². The molecule has 1 rings (SSSR count). The van der Waals surface area contributed by atoms with Crippen LogP contribution in [-0.4, -0.2) is 19.4 Å². The van der Waals surface area contributed by atoms with Crippen molar-refractivity contribution in [3.63, 3.8) is 0 Å². The van der Waals surface area contributed by atoms with Gasteiger partial charge < -0.3 is 0 Å². The van der Waals surface area contributed by atoms with Crippen LogP contribution >= 0.6 is 22.9 Å². The standard InChI is InChI=1S/C7H11ClN2O2S2/c1-4(2)10-14(11,12)6-5(3)9-7(8)13-6/h4,10H,1-3H3. The molecule has 1 N–H and O–H groups in total. The van der Waals surface area contributed by atoms with Crippen molar-refractivity contribution < 1.29 is 8.42 Å². The Balaban J connectivity index is 3.10. The first-order valence-electron chi connectivity index (χ1n) is 3.98. The van der Waals surface area contributed by atoms with Crippen LogP contribution in [0.4, 0.5) is 0 Å². The van der Waals surface area contributed by atoms with Crippen molar-refractivity contribution in [2.45, 2.75) is 31.0 Å². The van der Waals surface area contributed by atoms with Gasteiger partial charge in [0.05, 0.1) is 5.69 Å². The molecule has 1 aromatic heterocycles. The monoisotopic (exact) mass is 254 g/mol. The fourth-order valence-electron chi connectivity index (χ4n) is 0.964. The lowest BCUT2D eigenvalue weighted by atomic mass is 10.4. The topological polar surface area (TPSA) is 59.1 Å². The summed E-state index contributed by atoms with van der Waals surface area (Å²) in [5.41, 5.74) is 0.438. The molecular weight excluding hydrogens is 244 g/mol. The Labute approximate surface area is 92.4 Å². The summed E-state index contributed by atoms with van der Waals surface area (Å²) < 4.78 is 26.3. The number of hydrogen-bond acceptors (Lipinski definition) is 4. The van der Waals surface area contributed by atoms with E-state index in [-0.39, 0.29) is 14.7 Å². The van der Waals surface area contributed by atoms with Crippen molar-refractivity contribution in [3.8, 4) is 0 Å². The average Bonchev–Trinajstić information content (AvgIpc) is 2.27. The Kier molecular flexibility index (Phi) is 3.52. The molecule has 0 spiro atoms. The van der Waals surface area contributed by atoms with Gasteiger partial charge in [0, 0.05) is 6.04 Å². The second kappa shape index (κ2) is 4.14. The Bertz CT molecular complexity index is 425. The smallest absolute Gasteiger partial charge is 0.229 e. The molecular formula is C7H11ClN2O2S2. The van der Waals surface area contributed by atoms with Gasteiger partial charge in [-0.05, 0) is 20.8 Å². The highest BCUT2D eigenvalue weighted by Crippen LogP contribution is 2.26. The minimum Gasteiger partial charge on any atom is -0.229 e. The van der Waals surface area contributed by atoms with Gasteiger partial charge in [-0.2, -0.15) is 0 Å². The number of sulfonamides is 1. The van der Waals surface area contributed by atoms with Crippen LogP contribution < -0.4 is 4.72 Å².